The van der Waals surface area contributed by atoms with Gasteiger partial charge in [0.2, 0.25) is 5.91 Å². The highest BCUT2D eigenvalue weighted by Crippen LogP contribution is 2.17. The van der Waals surface area contributed by atoms with Crippen molar-refractivity contribution < 1.29 is 24.5 Å². The highest BCUT2D eigenvalue weighted by atomic mass is 16.5. The molecule has 0 aliphatic heterocycles. The van der Waals surface area contributed by atoms with E-state index < -0.39 is 12.1 Å². The van der Waals surface area contributed by atoms with Crippen LogP contribution >= 0.6 is 0 Å². The van der Waals surface area contributed by atoms with Crippen molar-refractivity contribution in [2.45, 2.75) is 353 Å². The van der Waals surface area contributed by atoms with Gasteiger partial charge in [-0.05, 0) is 57.8 Å². The lowest BCUT2D eigenvalue weighted by Gasteiger charge is -2.20. The van der Waals surface area contributed by atoms with Crippen LogP contribution in [-0.2, 0) is 14.3 Å². The number of allylic oxidation sites excluding steroid dienone is 3. The van der Waals surface area contributed by atoms with Gasteiger partial charge >= 0.3 is 5.97 Å². The third-order valence-electron chi connectivity index (χ3n) is 14.5. The van der Waals surface area contributed by atoms with Gasteiger partial charge in [0.05, 0.1) is 25.4 Å². The first-order valence-electron chi connectivity index (χ1n) is 31.1. The van der Waals surface area contributed by atoms with Crippen molar-refractivity contribution >= 4 is 11.9 Å². The zero-order chi connectivity index (χ0) is 50.0. The first-order valence-corrected chi connectivity index (χ1v) is 31.1. The van der Waals surface area contributed by atoms with Crippen LogP contribution in [-0.4, -0.2) is 47.4 Å². The van der Waals surface area contributed by atoms with Crippen molar-refractivity contribution in [1.29, 1.82) is 0 Å². The van der Waals surface area contributed by atoms with E-state index in [1.165, 1.54) is 270 Å². The monoisotopic (exact) mass is 972 g/mol. The van der Waals surface area contributed by atoms with Crippen LogP contribution < -0.4 is 5.32 Å². The second-order valence-electron chi connectivity index (χ2n) is 21.4. The molecule has 0 radical (unpaired) electrons. The maximum absolute atomic E-state index is 12.5. The molecular formula is C63H121NO5. The molecule has 6 heteroatoms. The van der Waals surface area contributed by atoms with Crippen LogP contribution in [0.4, 0.5) is 0 Å². The lowest BCUT2D eigenvalue weighted by atomic mass is 10.0. The van der Waals surface area contributed by atoms with E-state index in [2.05, 4.69) is 31.3 Å². The Morgan fingerprint density at radius 2 is 0.681 bits per heavy atom. The fourth-order valence-corrected chi connectivity index (χ4v) is 9.69. The molecule has 0 rings (SSSR count). The molecule has 0 fully saturated rings. The minimum atomic E-state index is -0.850. The molecule has 0 aromatic heterocycles. The van der Waals surface area contributed by atoms with E-state index >= 15 is 0 Å². The van der Waals surface area contributed by atoms with Crippen molar-refractivity contribution in [3.05, 3.63) is 24.3 Å². The van der Waals surface area contributed by atoms with Crippen LogP contribution in [0.15, 0.2) is 24.3 Å². The summed E-state index contributed by atoms with van der Waals surface area (Å²) in [7, 11) is 0. The molecule has 0 bridgehead atoms. The predicted octanol–water partition coefficient (Wildman–Crippen LogP) is 19.4. The Kier molecular flexibility index (Phi) is 57.5. The van der Waals surface area contributed by atoms with E-state index in [0.717, 1.165) is 44.9 Å². The first kappa shape index (κ1) is 67.3. The SMILES string of the molecule is CCCCCCCCC/C=C\CCCCCCCC(=O)OCCCCCCCCCCCCCCCCCCC(=O)NC(CO)C(O)/C=C/CCCCCCCCCCCCCCCCCCCC. The Labute approximate surface area is 431 Å². The highest BCUT2D eigenvalue weighted by molar-refractivity contribution is 5.76. The van der Waals surface area contributed by atoms with E-state index in [9.17, 15) is 19.8 Å². The standard InChI is InChI=1S/C63H121NO5/c1-3-5-7-9-11-13-15-17-19-21-22-23-24-27-31-35-39-43-47-51-55-61(66)60(59-65)64-62(67)56-52-48-44-40-36-32-28-25-26-30-34-38-42-46-50-54-58-69-63(68)57-53-49-45-41-37-33-29-20-18-16-14-12-10-8-6-4-2/h20,29,51,55,60-61,65-66H,3-19,21-28,30-50,52-54,56-59H2,1-2H3,(H,64,67)/b29-20-,55-51+. The van der Waals surface area contributed by atoms with Gasteiger partial charge < -0.3 is 20.3 Å². The Hall–Kier alpha value is -1.66. The number of esters is 1. The predicted molar refractivity (Wildman–Crippen MR) is 301 cm³/mol. The minimum Gasteiger partial charge on any atom is -0.466 e. The number of carbonyl (C=O) groups excluding carboxylic acids is 2. The van der Waals surface area contributed by atoms with Gasteiger partial charge in [0.25, 0.3) is 0 Å². The van der Waals surface area contributed by atoms with Gasteiger partial charge in [-0.1, -0.05) is 295 Å². The molecule has 0 spiro atoms. The van der Waals surface area contributed by atoms with E-state index in [4.69, 9.17) is 4.74 Å². The summed E-state index contributed by atoms with van der Waals surface area (Å²) >= 11 is 0. The summed E-state index contributed by atoms with van der Waals surface area (Å²) in [4.78, 5) is 24.6. The molecule has 1 amide bonds. The molecule has 0 aromatic rings. The third kappa shape index (κ3) is 55.5. The second-order valence-corrected chi connectivity index (χ2v) is 21.4. The molecule has 3 N–H and O–H groups in total. The van der Waals surface area contributed by atoms with Crippen LogP contribution in [0, 0.1) is 0 Å². The number of unbranched alkanes of at least 4 members (excludes halogenated alkanes) is 45. The zero-order valence-corrected chi connectivity index (χ0v) is 46.6. The maximum atomic E-state index is 12.5. The Bertz CT molecular complexity index is 1080. The lowest BCUT2D eigenvalue weighted by Crippen LogP contribution is -2.45. The summed E-state index contributed by atoms with van der Waals surface area (Å²) in [6, 6.07) is -0.634. The summed E-state index contributed by atoms with van der Waals surface area (Å²) in [6.45, 7) is 4.91. The number of carbonyl (C=O) groups is 2. The normalized spacial score (nSPS) is 12.7. The number of amides is 1. The quantitative estimate of drug-likeness (QED) is 0.0321. The highest BCUT2D eigenvalue weighted by Gasteiger charge is 2.18. The van der Waals surface area contributed by atoms with E-state index in [1.807, 2.05) is 6.08 Å². The van der Waals surface area contributed by atoms with Crippen LogP contribution in [0.2, 0.25) is 0 Å². The molecule has 0 aliphatic rings. The molecule has 69 heavy (non-hydrogen) atoms. The van der Waals surface area contributed by atoms with Crippen LogP contribution in [0.3, 0.4) is 0 Å². The number of aliphatic hydroxyl groups excluding tert-OH is 2. The minimum absolute atomic E-state index is 0.00459. The number of ether oxygens (including phenoxy) is 1. The van der Waals surface area contributed by atoms with Crippen molar-refractivity contribution in [3.63, 3.8) is 0 Å². The molecule has 0 saturated heterocycles. The zero-order valence-electron chi connectivity index (χ0n) is 46.6. The molecular weight excluding hydrogens is 851 g/mol. The largest absolute Gasteiger partial charge is 0.466 e. The van der Waals surface area contributed by atoms with Gasteiger partial charge in [-0.2, -0.15) is 0 Å². The molecule has 0 aromatic carbocycles. The van der Waals surface area contributed by atoms with Gasteiger partial charge in [-0.3, -0.25) is 9.59 Å². The van der Waals surface area contributed by atoms with Crippen LogP contribution in [0.5, 0.6) is 0 Å². The number of nitrogens with one attached hydrogen (secondary N) is 1. The Balaban J connectivity index is 3.45. The lowest BCUT2D eigenvalue weighted by molar-refractivity contribution is -0.143. The summed E-state index contributed by atoms with van der Waals surface area (Å²) in [5.41, 5.74) is 0. The summed E-state index contributed by atoms with van der Waals surface area (Å²) in [5, 5.41) is 23.2. The van der Waals surface area contributed by atoms with Crippen molar-refractivity contribution in [1.82, 2.24) is 5.32 Å². The maximum Gasteiger partial charge on any atom is 0.305 e. The van der Waals surface area contributed by atoms with Crippen LogP contribution in [0.1, 0.15) is 341 Å². The molecule has 0 aliphatic carbocycles. The van der Waals surface area contributed by atoms with Crippen molar-refractivity contribution in [2.24, 2.45) is 0 Å². The number of aliphatic hydroxyl groups is 2. The Morgan fingerprint density at radius 3 is 1.03 bits per heavy atom. The summed E-state index contributed by atoms with van der Waals surface area (Å²) < 4.78 is 5.48. The van der Waals surface area contributed by atoms with E-state index in [1.54, 1.807) is 6.08 Å². The van der Waals surface area contributed by atoms with Gasteiger partial charge in [0.15, 0.2) is 0 Å². The molecule has 0 saturated carbocycles. The average Bonchev–Trinajstić information content (AvgIpc) is 3.35. The molecule has 408 valence electrons. The number of hydrogen-bond donors (Lipinski definition) is 3. The van der Waals surface area contributed by atoms with E-state index in [-0.39, 0.29) is 18.5 Å². The smallest absolute Gasteiger partial charge is 0.305 e. The fraction of sp³-hybridized carbons (Fsp3) is 0.905. The average molecular weight is 973 g/mol. The van der Waals surface area contributed by atoms with Crippen molar-refractivity contribution in [3.8, 4) is 0 Å². The number of rotatable bonds is 58. The molecule has 2 unspecified atom stereocenters. The van der Waals surface area contributed by atoms with Crippen molar-refractivity contribution in [2.75, 3.05) is 13.2 Å². The van der Waals surface area contributed by atoms with Crippen LogP contribution in [0.25, 0.3) is 0 Å². The molecule has 2 atom stereocenters. The van der Waals surface area contributed by atoms with Gasteiger partial charge in [-0.25, -0.2) is 0 Å². The van der Waals surface area contributed by atoms with Gasteiger partial charge in [-0.15, -0.1) is 0 Å². The summed E-state index contributed by atoms with van der Waals surface area (Å²) in [5.74, 6) is -0.0766. The third-order valence-corrected chi connectivity index (χ3v) is 14.5. The van der Waals surface area contributed by atoms with E-state index in [0.29, 0.717) is 19.4 Å². The van der Waals surface area contributed by atoms with Gasteiger partial charge in [0.1, 0.15) is 0 Å². The first-order chi connectivity index (χ1) is 34.0. The topological polar surface area (TPSA) is 95.9 Å². The molecule has 6 nitrogen and oxygen atoms in total. The van der Waals surface area contributed by atoms with Gasteiger partial charge in [0, 0.05) is 12.8 Å². The summed E-state index contributed by atoms with van der Waals surface area (Å²) in [6.07, 6.45) is 72.1. The second kappa shape index (κ2) is 58.9. The molecule has 0 heterocycles. The Morgan fingerprint density at radius 1 is 0.391 bits per heavy atom. The fourth-order valence-electron chi connectivity index (χ4n) is 9.69. The number of hydrogen-bond acceptors (Lipinski definition) is 5.